The van der Waals surface area contributed by atoms with Crippen molar-refractivity contribution in [1.82, 2.24) is 10.9 Å². The molecule has 30 heavy (non-hydrogen) atoms. The van der Waals surface area contributed by atoms with Gasteiger partial charge in [-0.3, -0.25) is 20.4 Å². The van der Waals surface area contributed by atoms with Crippen LogP contribution in [0.25, 0.3) is 10.8 Å². The van der Waals surface area contributed by atoms with E-state index in [-0.39, 0.29) is 12.4 Å². The molecule has 0 spiro atoms. The summed E-state index contributed by atoms with van der Waals surface area (Å²) < 4.78 is 48.4. The van der Waals surface area contributed by atoms with E-state index < -0.39 is 30.2 Å². The highest BCUT2D eigenvalue weighted by atomic mass is 19.4. The van der Waals surface area contributed by atoms with E-state index in [9.17, 15) is 22.8 Å². The van der Waals surface area contributed by atoms with E-state index in [0.717, 1.165) is 22.9 Å². The number of fused-ring (bicyclic) bond motifs is 1. The molecule has 0 radical (unpaired) electrons. The van der Waals surface area contributed by atoms with E-state index >= 15 is 0 Å². The Morgan fingerprint density at radius 1 is 0.733 bits per heavy atom. The third-order valence-corrected chi connectivity index (χ3v) is 3.96. The normalized spacial score (nSPS) is 11.0. The minimum atomic E-state index is -4.51. The Balaban J connectivity index is 1.41. The molecule has 0 saturated carbocycles. The summed E-state index contributed by atoms with van der Waals surface area (Å²) in [6, 6.07) is 17.1. The fraction of sp³-hybridized carbons (Fsp3) is 0.143. The number of amides is 2. The number of hydrazine groups is 1. The first-order chi connectivity index (χ1) is 14.3. The molecular formula is C21H17F3N2O4. The van der Waals surface area contributed by atoms with E-state index in [1.807, 2.05) is 30.3 Å². The zero-order valence-corrected chi connectivity index (χ0v) is 15.5. The van der Waals surface area contributed by atoms with Gasteiger partial charge in [-0.25, -0.2) is 0 Å². The monoisotopic (exact) mass is 418 g/mol. The van der Waals surface area contributed by atoms with Crippen molar-refractivity contribution >= 4 is 22.6 Å². The molecule has 0 heterocycles. The fourth-order valence-electron chi connectivity index (χ4n) is 2.53. The molecule has 0 aromatic heterocycles. The summed E-state index contributed by atoms with van der Waals surface area (Å²) in [5, 5.41) is 1.98. The molecule has 0 aliphatic rings. The van der Waals surface area contributed by atoms with Crippen LogP contribution in [0.5, 0.6) is 11.5 Å². The Labute approximate surface area is 169 Å². The van der Waals surface area contributed by atoms with E-state index in [1.165, 1.54) is 12.1 Å². The minimum Gasteiger partial charge on any atom is -0.484 e. The number of carbonyl (C=O) groups excluding carboxylic acids is 2. The van der Waals surface area contributed by atoms with E-state index in [2.05, 4.69) is 10.9 Å². The van der Waals surface area contributed by atoms with Crippen LogP contribution in [0.4, 0.5) is 13.2 Å². The molecule has 0 bridgehead atoms. The molecule has 0 atom stereocenters. The van der Waals surface area contributed by atoms with Crippen LogP contribution < -0.4 is 20.3 Å². The van der Waals surface area contributed by atoms with E-state index in [4.69, 9.17) is 9.47 Å². The maximum absolute atomic E-state index is 12.7. The second kappa shape index (κ2) is 9.17. The van der Waals surface area contributed by atoms with Gasteiger partial charge < -0.3 is 9.47 Å². The quantitative estimate of drug-likeness (QED) is 0.601. The van der Waals surface area contributed by atoms with Crippen molar-refractivity contribution in [2.75, 3.05) is 13.2 Å². The summed E-state index contributed by atoms with van der Waals surface area (Å²) in [4.78, 5) is 23.5. The lowest BCUT2D eigenvalue weighted by Gasteiger charge is -2.11. The van der Waals surface area contributed by atoms with Crippen LogP contribution in [0.2, 0.25) is 0 Å². The van der Waals surface area contributed by atoms with Crippen LogP contribution in [0, 0.1) is 0 Å². The van der Waals surface area contributed by atoms with Crippen LogP contribution in [0.3, 0.4) is 0 Å². The largest absolute Gasteiger partial charge is 0.484 e. The summed E-state index contributed by atoms with van der Waals surface area (Å²) >= 11 is 0. The lowest BCUT2D eigenvalue weighted by Crippen LogP contribution is -2.45. The lowest BCUT2D eigenvalue weighted by molar-refractivity contribution is -0.137. The van der Waals surface area contributed by atoms with Crippen molar-refractivity contribution in [2.45, 2.75) is 6.18 Å². The molecular weight excluding hydrogens is 401 g/mol. The Morgan fingerprint density at radius 3 is 1.97 bits per heavy atom. The van der Waals surface area contributed by atoms with Crippen LogP contribution in [0.1, 0.15) is 5.56 Å². The third kappa shape index (κ3) is 5.87. The second-order valence-electron chi connectivity index (χ2n) is 6.21. The summed E-state index contributed by atoms with van der Waals surface area (Å²) in [6.07, 6.45) is -4.51. The molecule has 6 nitrogen and oxygen atoms in total. The van der Waals surface area contributed by atoms with Crippen molar-refractivity contribution in [3.8, 4) is 11.5 Å². The Morgan fingerprint density at radius 2 is 1.33 bits per heavy atom. The zero-order chi connectivity index (χ0) is 21.6. The highest BCUT2D eigenvalue weighted by molar-refractivity contribution is 5.85. The Hall–Kier alpha value is -3.75. The van der Waals surface area contributed by atoms with Crippen molar-refractivity contribution in [3.05, 3.63) is 72.3 Å². The summed E-state index contributed by atoms with van der Waals surface area (Å²) in [5.74, 6) is -0.990. The zero-order valence-electron chi connectivity index (χ0n) is 15.5. The van der Waals surface area contributed by atoms with Crippen LogP contribution >= 0.6 is 0 Å². The first-order valence-corrected chi connectivity index (χ1v) is 8.80. The molecule has 0 aliphatic carbocycles. The Kier molecular flexibility index (Phi) is 6.41. The van der Waals surface area contributed by atoms with Gasteiger partial charge in [0.05, 0.1) is 5.56 Å². The number of hydrogen-bond acceptors (Lipinski definition) is 4. The van der Waals surface area contributed by atoms with Gasteiger partial charge in [-0.2, -0.15) is 13.2 Å². The van der Waals surface area contributed by atoms with Gasteiger partial charge in [-0.15, -0.1) is 0 Å². The van der Waals surface area contributed by atoms with Crippen molar-refractivity contribution in [2.24, 2.45) is 0 Å². The number of alkyl halides is 3. The second-order valence-corrected chi connectivity index (χ2v) is 6.21. The maximum Gasteiger partial charge on any atom is 0.416 e. The number of carbonyl (C=O) groups is 2. The van der Waals surface area contributed by atoms with Crippen molar-refractivity contribution in [3.63, 3.8) is 0 Å². The topological polar surface area (TPSA) is 76.7 Å². The molecule has 3 aromatic rings. The highest BCUT2D eigenvalue weighted by Gasteiger charge is 2.30. The van der Waals surface area contributed by atoms with Gasteiger partial charge in [0.2, 0.25) is 0 Å². The molecule has 0 fully saturated rings. The van der Waals surface area contributed by atoms with Gasteiger partial charge in [-0.1, -0.05) is 36.4 Å². The number of ether oxygens (including phenoxy) is 2. The average Bonchev–Trinajstić information content (AvgIpc) is 2.74. The molecule has 2 N–H and O–H groups in total. The fourth-order valence-corrected chi connectivity index (χ4v) is 2.53. The molecule has 9 heteroatoms. The lowest BCUT2D eigenvalue weighted by atomic mass is 10.1. The Bertz CT molecular complexity index is 1050. The number of halogens is 3. The highest BCUT2D eigenvalue weighted by Crippen LogP contribution is 2.31. The average molecular weight is 418 g/mol. The van der Waals surface area contributed by atoms with E-state index in [1.54, 1.807) is 12.1 Å². The summed E-state index contributed by atoms with van der Waals surface area (Å²) in [5.41, 5.74) is 3.35. The van der Waals surface area contributed by atoms with Crippen LogP contribution in [0.15, 0.2) is 66.7 Å². The molecule has 2 amide bonds. The molecule has 3 aromatic carbocycles. The van der Waals surface area contributed by atoms with Gasteiger partial charge in [-0.05, 0) is 41.1 Å². The van der Waals surface area contributed by atoms with Gasteiger partial charge in [0.15, 0.2) is 13.2 Å². The van der Waals surface area contributed by atoms with Gasteiger partial charge in [0, 0.05) is 0 Å². The smallest absolute Gasteiger partial charge is 0.416 e. The number of hydrogen-bond donors (Lipinski definition) is 2. The van der Waals surface area contributed by atoms with Gasteiger partial charge in [0.25, 0.3) is 11.8 Å². The molecule has 0 unspecified atom stereocenters. The van der Waals surface area contributed by atoms with Crippen LogP contribution in [-0.2, 0) is 15.8 Å². The molecule has 156 valence electrons. The predicted octanol–water partition coefficient (Wildman–Crippen LogP) is 3.46. The first-order valence-electron chi connectivity index (χ1n) is 8.80. The number of benzene rings is 3. The maximum atomic E-state index is 12.7. The summed E-state index contributed by atoms with van der Waals surface area (Å²) in [7, 11) is 0. The number of rotatable bonds is 6. The SMILES string of the molecule is O=C(COc1cccc(C(F)(F)F)c1)NNC(=O)COc1ccc2ccccc2c1. The standard InChI is InChI=1S/C21H17F3N2O4/c22-21(23,24)16-6-3-7-17(11-16)29-12-19(27)25-26-20(28)13-30-18-9-8-14-4-1-2-5-15(14)10-18/h1-11H,12-13H2,(H,25,27)(H,26,28). The molecule has 0 saturated heterocycles. The van der Waals surface area contributed by atoms with Gasteiger partial charge in [0.1, 0.15) is 11.5 Å². The van der Waals surface area contributed by atoms with E-state index in [0.29, 0.717) is 5.75 Å². The molecule has 0 aliphatic heterocycles. The van der Waals surface area contributed by atoms with Crippen LogP contribution in [-0.4, -0.2) is 25.0 Å². The first kappa shape index (κ1) is 21.0. The third-order valence-electron chi connectivity index (χ3n) is 3.96. The molecule has 3 rings (SSSR count). The number of nitrogens with one attached hydrogen (secondary N) is 2. The van der Waals surface area contributed by atoms with Crippen molar-refractivity contribution < 1.29 is 32.2 Å². The van der Waals surface area contributed by atoms with Crippen molar-refractivity contribution in [1.29, 1.82) is 0 Å². The minimum absolute atomic E-state index is 0.120. The summed E-state index contributed by atoms with van der Waals surface area (Å²) in [6.45, 7) is -0.916. The van der Waals surface area contributed by atoms with Gasteiger partial charge >= 0.3 is 6.18 Å². The predicted molar refractivity (Wildman–Crippen MR) is 103 cm³/mol.